The van der Waals surface area contributed by atoms with Crippen molar-refractivity contribution in [3.05, 3.63) is 22.4 Å². The highest BCUT2D eigenvalue weighted by Gasteiger charge is 2.29. The summed E-state index contributed by atoms with van der Waals surface area (Å²) in [6.07, 6.45) is 1.07. The Labute approximate surface area is 108 Å². The lowest BCUT2D eigenvalue weighted by Gasteiger charge is -2.08. The molecule has 2 heterocycles. The van der Waals surface area contributed by atoms with Crippen molar-refractivity contribution in [1.82, 2.24) is 16.0 Å². The summed E-state index contributed by atoms with van der Waals surface area (Å²) in [6, 6.07) is 2.74. The van der Waals surface area contributed by atoms with Crippen molar-refractivity contribution in [3.63, 3.8) is 0 Å². The van der Waals surface area contributed by atoms with Crippen LogP contribution in [0.4, 0.5) is 4.79 Å². The zero-order chi connectivity index (χ0) is 13.0. The molecular weight excluding hydrogens is 254 g/mol. The van der Waals surface area contributed by atoms with Crippen molar-refractivity contribution in [1.29, 1.82) is 0 Å². The van der Waals surface area contributed by atoms with Gasteiger partial charge in [0.1, 0.15) is 6.04 Å². The summed E-state index contributed by atoms with van der Waals surface area (Å²) in [5.74, 6) is -0.532. The van der Waals surface area contributed by atoms with Gasteiger partial charge < -0.3 is 10.6 Å². The average molecular weight is 267 g/mol. The minimum Gasteiger partial charge on any atom is -0.353 e. The third-order valence-corrected chi connectivity index (χ3v) is 3.48. The number of thiophene rings is 1. The smallest absolute Gasteiger partial charge is 0.322 e. The summed E-state index contributed by atoms with van der Waals surface area (Å²) >= 11 is 1.61. The molecule has 1 aliphatic rings. The first-order valence-corrected chi connectivity index (χ1v) is 6.43. The van der Waals surface area contributed by atoms with Crippen molar-refractivity contribution >= 4 is 29.2 Å². The van der Waals surface area contributed by atoms with Crippen LogP contribution in [-0.2, 0) is 16.0 Å². The van der Waals surface area contributed by atoms with Crippen LogP contribution in [0.25, 0.3) is 0 Å². The molecule has 1 unspecified atom stereocenters. The highest BCUT2D eigenvalue weighted by Crippen LogP contribution is 2.10. The molecule has 1 aliphatic heterocycles. The van der Waals surface area contributed by atoms with Crippen LogP contribution >= 0.6 is 11.3 Å². The number of hydrogen-bond donors (Lipinski definition) is 3. The molecule has 6 nitrogen and oxygen atoms in total. The number of urea groups is 1. The first-order valence-electron chi connectivity index (χ1n) is 5.55. The molecule has 96 valence electrons. The number of hydrogen-bond acceptors (Lipinski definition) is 4. The first-order chi connectivity index (χ1) is 8.65. The fourth-order valence-electron chi connectivity index (χ4n) is 1.60. The Kier molecular flexibility index (Phi) is 3.93. The molecule has 3 N–H and O–H groups in total. The minimum atomic E-state index is -0.664. The van der Waals surface area contributed by atoms with E-state index >= 15 is 0 Å². The van der Waals surface area contributed by atoms with Gasteiger partial charge >= 0.3 is 6.03 Å². The molecule has 0 spiro atoms. The van der Waals surface area contributed by atoms with Crippen molar-refractivity contribution in [3.8, 4) is 0 Å². The van der Waals surface area contributed by atoms with Crippen LogP contribution in [0.5, 0.6) is 0 Å². The van der Waals surface area contributed by atoms with Gasteiger partial charge in [-0.15, -0.1) is 11.3 Å². The van der Waals surface area contributed by atoms with Crippen LogP contribution in [0, 0.1) is 0 Å². The van der Waals surface area contributed by atoms with Gasteiger partial charge in [-0.2, -0.15) is 0 Å². The maximum absolute atomic E-state index is 11.5. The minimum absolute atomic E-state index is 0.126. The Morgan fingerprint density at radius 2 is 2.28 bits per heavy atom. The fourth-order valence-corrected chi connectivity index (χ4v) is 2.31. The Bertz CT molecular complexity index is 458. The van der Waals surface area contributed by atoms with Crippen LogP contribution in [0.3, 0.4) is 0 Å². The quantitative estimate of drug-likeness (QED) is 0.656. The zero-order valence-electron chi connectivity index (χ0n) is 9.56. The van der Waals surface area contributed by atoms with Crippen LogP contribution < -0.4 is 16.0 Å². The second kappa shape index (κ2) is 5.63. The lowest BCUT2D eigenvalue weighted by atomic mass is 10.2. The molecule has 0 aromatic carbocycles. The van der Waals surface area contributed by atoms with Gasteiger partial charge in [-0.05, 0) is 17.9 Å². The Balaban J connectivity index is 1.69. The summed E-state index contributed by atoms with van der Waals surface area (Å²) in [6.45, 7) is 0.126. The van der Waals surface area contributed by atoms with Crippen LogP contribution in [0.1, 0.15) is 11.3 Å². The Hall–Kier alpha value is -1.89. The summed E-state index contributed by atoms with van der Waals surface area (Å²) < 4.78 is 0. The summed E-state index contributed by atoms with van der Waals surface area (Å²) in [5, 5.41) is 9.11. The van der Waals surface area contributed by atoms with E-state index in [0.29, 0.717) is 12.8 Å². The fraction of sp³-hybridized carbons (Fsp3) is 0.364. The number of rotatable bonds is 5. The Morgan fingerprint density at radius 1 is 1.44 bits per heavy atom. The Morgan fingerprint density at radius 3 is 2.89 bits per heavy atom. The number of nitrogens with one attached hydrogen (secondary N) is 3. The maximum Gasteiger partial charge on any atom is 0.322 e. The summed E-state index contributed by atoms with van der Waals surface area (Å²) in [7, 11) is 0. The van der Waals surface area contributed by atoms with Crippen molar-refractivity contribution in [2.24, 2.45) is 0 Å². The van der Waals surface area contributed by atoms with Crippen molar-refractivity contribution in [2.75, 3.05) is 6.54 Å². The van der Waals surface area contributed by atoms with E-state index in [1.165, 1.54) is 0 Å². The predicted octanol–water partition coefficient (Wildman–Crippen LogP) is 0.00490. The summed E-state index contributed by atoms with van der Waals surface area (Å²) in [5.41, 5.74) is 0. The van der Waals surface area contributed by atoms with Gasteiger partial charge in [0.05, 0.1) is 0 Å². The maximum atomic E-state index is 11.5. The van der Waals surface area contributed by atoms with E-state index in [1.807, 2.05) is 17.5 Å². The molecular formula is C11H13N3O3S. The van der Waals surface area contributed by atoms with E-state index < -0.39 is 18.0 Å². The number of imide groups is 1. The SMILES string of the molecule is O=C(CCc1cccs1)NCC1NC(=O)NC1=O. The molecule has 1 fully saturated rings. The second-order valence-electron chi connectivity index (χ2n) is 3.90. The van der Waals surface area contributed by atoms with E-state index in [-0.39, 0.29) is 12.5 Å². The van der Waals surface area contributed by atoms with Crippen LogP contribution in [-0.4, -0.2) is 30.4 Å². The van der Waals surface area contributed by atoms with Gasteiger partial charge in [-0.3, -0.25) is 14.9 Å². The third kappa shape index (κ3) is 3.30. The lowest BCUT2D eigenvalue weighted by molar-refractivity contribution is -0.122. The molecule has 1 saturated heterocycles. The normalized spacial score (nSPS) is 18.3. The van der Waals surface area contributed by atoms with Gasteiger partial charge in [0.15, 0.2) is 0 Å². The molecule has 1 aromatic heterocycles. The van der Waals surface area contributed by atoms with Gasteiger partial charge in [0.25, 0.3) is 5.91 Å². The average Bonchev–Trinajstić information content (AvgIpc) is 2.94. The molecule has 2 rings (SSSR count). The molecule has 0 saturated carbocycles. The van der Waals surface area contributed by atoms with Crippen LogP contribution in [0.15, 0.2) is 17.5 Å². The second-order valence-corrected chi connectivity index (χ2v) is 4.93. The molecule has 1 aromatic rings. The standard InChI is InChI=1S/C11H13N3O3S/c15-9(4-3-7-2-1-5-18-7)12-6-8-10(16)14-11(17)13-8/h1-2,5,8H,3-4,6H2,(H,12,15)(H2,13,14,16,17). The van der Waals surface area contributed by atoms with Gasteiger partial charge in [0.2, 0.25) is 5.91 Å². The van der Waals surface area contributed by atoms with Crippen molar-refractivity contribution < 1.29 is 14.4 Å². The van der Waals surface area contributed by atoms with E-state index in [0.717, 1.165) is 4.88 Å². The number of carbonyl (C=O) groups excluding carboxylic acids is 3. The third-order valence-electron chi connectivity index (χ3n) is 2.54. The van der Waals surface area contributed by atoms with Gasteiger partial charge in [-0.25, -0.2) is 4.79 Å². The summed E-state index contributed by atoms with van der Waals surface area (Å²) in [4.78, 5) is 34.7. The molecule has 0 bridgehead atoms. The number of amides is 4. The van der Waals surface area contributed by atoms with Crippen LogP contribution in [0.2, 0.25) is 0 Å². The van der Waals surface area contributed by atoms with E-state index in [4.69, 9.17) is 0 Å². The largest absolute Gasteiger partial charge is 0.353 e. The predicted molar refractivity (Wildman–Crippen MR) is 66.1 cm³/mol. The lowest BCUT2D eigenvalue weighted by Crippen LogP contribution is -2.41. The van der Waals surface area contributed by atoms with Gasteiger partial charge in [0, 0.05) is 17.8 Å². The van der Waals surface area contributed by atoms with Crippen molar-refractivity contribution in [2.45, 2.75) is 18.9 Å². The number of carbonyl (C=O) groups is 3. The monoisotopic (exact) mass is 267 g/mol. The highest BCUT2D eigenvalue weighted by atomic mass is 32.1. The zero-order valence-corrected chi connectivity index (χ0v) is 10.4. The molecule has 4 amide bonds. The molecule has 0 radical (unpaired) electrons. The van der Waals surface area contributed by atoms with E-state index in [1.54, 1.807) is 11.3 Å². The topological polar surface area (TPSA) is 87.3 Å². The first kappa shape index (κ1) is 12.6. The van der Waals surface area contributed by atoms with Gasteiger partial charge in [-0.1, -0.05) is 6.07 Å². The highest BCUT2D eigenvalue weighted by molar-refractivity contribution is 7.09. The molecule has 1 atom stereocenters. The number of aryl methyl sites for hydroxylation is 1. The van der Waals surface area contributed by atoms with E-state index in [9.17, 15) is 14.4 Å². The molecule has 18 heavy (non-hydrogen) atoms. The molecule has 7 heteroatoms. The molecule has 0 aliphatic carbocycles. The van der Waals surface area contributed by atoms with E-state index in [2.05, 4.69) is 16.0 Å².